The smallest absolute Gasteiger partial charge is 0.292 e. The van der Waals surface area contributed by atoms with Gasteiger partial charge in [0.25, 0.3) is 5.69 Å². The number of hydrogen-bond donors (Lipinski definition) is 1. The third kappa shape index (κ3) is 3.16. The molecule has 1 aromatic carbocycles. The molecule has 0 spiro atoms. The molecule has 0 aliphatic carbocycles. The molecule has 3 rings (SSSR count). The van der Waals surface area contributed by atoms with Gasteiger partial charge in [-0.2, -0.15) is 0 Å². The van der Waals surface area contributed by atoms with Gasteiger partial charge in [0.2, 0.25) is 0 Å². The van der Waals surface area contributed by atoms with Gasteiger partial charge in [0.15, 0.2) is 0 Å². The summed E-state index contributed by atoms with van der Waals surface area (Å²) < 4.78 is 0. The molecule has 2 fully saturated rings. The molecule has 2 aliphatic rings. The number of benzene rings is 1. The Kier molecular flexibility index (Phi) is 4.07. The lowest BCUT2D eigenvalue weighted by Gasteiger charge is -2.44. The molecular formula is C15H22N4O2. The van der Waals surface area contributed by atoms with E-state index in [9.17, 15) is 10.1 Å². The second-order valence-electron chi connectivity index (χ2n) is 6.07. The van der Waals surface area contributed by atoms with E-state index in [0.29, 0.717) is 6.04 Å². The summed E-state index contributed by atoms with van der Waals surface area (Å²) in [6.45, 7) is 5.35. The van der Waals surface area contributed by atoms with Crippen LogP contribution in [0.1, 0.15) is 24.8 Å². The largest absolute Gasteiger partial charge is 0.393 e. The second-order valence-corrected chi connectivity index (χ2v) is 6.07. The van der Waals surface area contributed by atoms with Crippen LogP contribution in [0.25, 0.3) is 0 Å². The predicted octanol–water partition coefficient (Wildman–Crippen LogP) is 1.85. The van der Waals surface area contributed by atoms with Gasteiger partial charge >= 0.3 is 0 Å². The summed E-state index contributed by atoms with van der Waals surface area (Å²) in [6, 6.07) is 5.76. The maximum atomic E-state index is 10.8. The Labute approximate surface area is 124 Å². The summed E-state index contributed by atoms with van der Waals surface area (Å²) in [6.07, 6.45) is 3.95. The van der Waals surface area contributed by atoms with Crippen LogP contribution in [-0.4, -0.2) is 46.9 Å². The predicted molar refractivity (Wildman–Crippen MR) is 82.0 cm³/mol. The molecule has 2 aliphatic heterocycles. The van der Waals surface area contributed by atoms with Gasteiger partial charge in [0.05, 0.1) is 4.92 Å². The zero-order valence-corrected chi connectivity index (χ0v) is 12.2. The Balaban J connectivity index is 1.64. The molecule has 0 saturated carbocycles. The van der Waals surface area contributed by atoms with Crippen LogP contribution in [0, 0.1) is 10.1 Å². The van der Waals surface area contributed by atoms with Gasteiger partial charge in [0.1, 0.15) is 5.69 Å². The van der Waals surface area contributed by atoms with Crippen molar-refractivity contribution >= 4 is 11.4 Å². The molecule has 1 atom stereocenters. The van der Waals surface area contributed by atoms with Crippen molar-refractivity contribution in [1.82, 2.24) is 9.80 Å². The Morgan fingerprint density at radius 1 is 1.29 bits per heavy atom. The molecule has 0 bridgehead atoms. The zero-order valence-electron chi connectivity index (χ0n) is 12.2. The average Bonchev–Trinajstić information content (AvgIpc) is 2.47. The first kappa shape index (κ1) is 14.3. The second kappa shape index (κ2) is 5.99. The number of rotatable bonds is 3. The van der Waals surface area contributed by atoms with Crippen LogP contribution in [0.2, 0.25) is 0 Å². The van der Waals surface area contributed by atoms with Crippen molar-refractivity contribution in [2.24, 2.45) is 0 Å². The van der Waals surface area contributed by atoms with E-state index < -0.39 is 4.92 Å². The van der Waals surface area contributed by atoms with Crippen LogP contribution >= 0.6 is 0 Å². The number of anilines is 1. The maximum Gasteiger partial charge on any atom is 0.292 e. The van der Waals surface area contributed by atoms with Gasteiger partial charge in [-0.05, 0) is 31.0 Å². The molecule has 6 nitrogen and oxygen atoms in total. The van der Waals surface area contributed by atoms with Gasteiger partial charge < -0.3 is 5.73 Å². The van der Waals surface area contributed by atoms with E-state index >= 15 is 0 Å². The van der Waals surface area contributed by atoms with Crippen molar-refractivity contribution in [1.29, 1.82) is 0 Å². The van der Waals surface area contributed by atoms with Crippen molar-refractivity contribution < 1.29 is 4.92 Å². The number of hydrogen-bond acceptors (Lipinski definition) is 5. The summed E-state index contributed by atoms with van der Waals surface area (Å²) in [5.74, 6) is 0. The van der Waals surface area contributed by atoms with E-state index in [1.165, 1.54) is 31.9 Å². The summed E-state index contributed by atoms with van der Waals surface area (Å²) in [5.41, 5.74) is 7.08. The minimum absolute atomic E-state index is 0.00384. The Bertz CT molecular complexity index is 534. The van der Waals surface area contributed by atoms with E-state index in [1.807, 2.05) is 6.07 Å². The molecular weight excluding hydrogens is 268 g/mol. The first-order chi connectivity index (χ1) is 10.1. The van der Waals surface area contributed by atoms with E-state index in [2.05, 4.69) is 9.80 Å². The van der Waals surface area contributed by atoms with Crippen LogP contribution in [0.5, 0.6) is 0 Å². The highest BCUT2D eigenvalue weighted by atomic mass is 16.6. The average molecular weight is 290 g/mol. The van der Waals surface area contributed by atoms with E-state index in [1.54, 1.807) is 6.07 Å². The van der Waals surface area contributed by atoms with E-state index in [0.717, 1.165) is 31.7 Å². The fourth-order valence-corrected chi connectivity index (χ4v) is 3.49. The molecule has 6 heteroatoms. The van der Waals surface area contributed by atoms with E-state index in [4.69, 9.17) is 5.73 Å². The highest BCUT2D eigenvalue weighted by molar-refractivity contribution is 5.59. The third-order valence-electron chi connectivity index (χ3n) is 4.62. The Morgan fingerprint density at radius 3 is 2.90 bits per heavy atom. The summed E-state index contributed by atoms with van der Waals surface area (Å²) >= 11 is 0. The molecule has 1 unspecified atom stereocenters. The highest BCUT2D eigenvalue weighted by Crippen LogP contribution is 2.25. The lowest BCUT2D eigenvalue weighted by molar-refractivity contribution is -0.383. The van der Waals surface area contributed by atoms with Crippen LogP contribution in [0.4, 0.5) is 11.4 Å². The fourth-order valence-electron chi connectivity index (χ4n) is 3.49. The van der Waals surface area contributed by atoms with Crippen LogP contribution < -0.4 is 5.73 Å². The van der Waals surface area contributed by atoms with Crippen LogP contribution in [0.15, 0.2) is 18.2 Å². The van der Waals surface area contributed by atoms with Crippen molar-refractivity contribution in [2.45, 2.75) is 31.8 Å². The SMILES string of the molecule is Nc1cc(CN2CCN3CCCCC3C2)ccc1[N+](=O)[O-]. The first-order valence-electron chi connectivity index (χ1n) is 7.62. The number of fused-ring (bicyclic) bond motifs is 1. The monoisotopic (exact) mass is 290 g/mol. The van der Waals surface area contributed by atoms with Gasteiger partial charge in [-0.15, -0.1) is 0 Å². The topological polar surface area (TPSA) is 75.6 Å². The summed E-state index contributed by atoms with van der Waals surface area (Å²) in [4.78, 5) is 15.4. The van der Waals surface area contributed by atoms with Crippen LogP contribution in [-0.2, 0) is 6.54 Å². The lowest BCUT2D eigenvalue weighted by Crippen LogP contribution is -2.54. The molecule has 0 aromatic heterocycles. The number of nitrogen functional groups attached to an aromatic ring is 1. The normalized spacial score (nSPS) is 23.7. The number of nitrogens with zero attached hydrogens (tertiary/aromatic N) is 3. The van der Waals surface area contributed by atoms with Gasteiger partial charge in [0, 0.05) is 38.3 Å². The van der Waals surface area contributed by atoms with Crippen molar-refractivity contribution in [3.63, 3.8) is 0 Å². The number of nitrogens with two attached hydrogens (primary N) is 1. The minimum atomic E-state index is -0.431. The quantitative estimate of drug-likeness (QED) is 0.522. The minimum Gasteiger partial charge on any atom is -0.393 e. The standard InChI is InChI=1S/C15H22N4O2/c16-14-9-12(4-5-15(14)19(20)21)10-17-7-8-18-6-2-1-3-13(18)11-17/h4-5,9,13H,1-3,6-8,10-11,16H2. The summed E-state index contributed by atoms with van der Waals surface area (Å²) in [7, 11) is 0. The third-order valence-corrected chi connectivity index (χ3v) is 4.62. The fraction of sp³-hybridized carbons (Fsp3) is 0.600. The molecule has 0 amide bonds. The molecule has 114 valence electrons. The molecule has 0 radical (unpaired) electrons. The molecule has 2 N–H and O–H groups in total. The lowest BCUT2D eigenvalue weighted by atomic mass is 9.99. The number of piperidine rings is 1. The highest BCUT2D eigenvalue weighted by Gasteiger charge is 2.28. The molecule has 2 heterocycles. The maximum absolute atomic E-state index is 10.8. The zero-order chi connectivity index (χ0) is 14.8. The Hall–Kier alpha value is -1.66. The number of nitro benzene ring substituents is 1. The van der Waals surface area contributed by atoms with Crippen molar-refractivity contribution in [3.8, 4) is 0 Å². The van der Waals surface area contributed by atoms with Crippen molar-refractivity contribution in [3.05, 3.63) is 33.9 Å². The van der Waals surface area contributed by atoms with E-state index in [-0.39, 0.29) is 11.4 Å². The number of piperazine rings is 1. The number of nitro groups is 1. The Morgan fingerprint density at radius 2 is 2.14 bits per heavy atom. The summed E-state index contributed by atoms with van der Waals surface area (Å²) in [5, 5.41) is 10.8. The molecule has 21 heavy (non-hydrogen) atoms. The van der Waals surface area contributed by atoms with Gasteiger partial charge in [-0.25, -0.2) is 0 Å². The first-order valence-corrected chi connectivity index (χ1v) is 7.62. The van der Waals surface area contributed by atoms with Gasteiger partial charge in [-0.3, -0.25) is 19.9 Å². The van der Waals surface area contributed by atoms with Gasteiger partial charge in [-0.1, -0.05) is 12.5 Å². The van der Waals surface area contributed by atoms with Crippen LogP contribution in [0.3, 0.4) is 0 Å². The van der Waals surface area contributed by atoms with Crippen molar-refractivity contribution in [2.75, 3.05) is 31.9 Å². The molecule has 2 saturated heterocycles. The molecule has 1 aromatic rings.